The summed E-state index contributed by atoms with van der Waals surface area (Å²) < 4.78 is 13.7. The molecule has 0 aliphatic heterocycles. The minimum Gasteiger partial charge on any atom is -1.00 e. The number of hydrogen-bond acceptors (Lipinski definition) is 6. The van der Waals surface area contributed by atoms with E-state index in [2.05, 4.69) is 4.52 Å². The molecule has 10 nitrogen and oxygen atoms in total. The molecule has 0 radical (unpaired) electrons. The summed E-state index contributed by atoms with van der Waals surface area (Å²) in [7, 11) is -5.17. The van der Waals surface area contributed by atoms with Gasteiger partial charge in [0.05, 0.1) is 12.8 Å². The fourth-order valence-corrected chi connectivity index (χ4v) is 1.20. The zero-order valence-corrected chi connectivity index (χ0v) is 13.3. The van der Waals surface area contributed by atoms with Crippen molar-refractivity contribution in [1.82, 2.24) is 0 Å². The smallest absolute Gasteiger partial charge is 1.00 e. The average Bonchev–Trinajstić information content (AvgIpc) is 1.96. The Kier molecular flexibility index (Phi) is 11.2. The van der Waals surface area contributed by atoms with Crippen LogP contribution in [-0.2, 0) is 23.5 Å². The first kappa shape index (κ1) is 23.9. The first-order chi connectivity index (χ1) is 7.46. The monoisotopic (exact) mass is 332 g/mol. The summed E-state index contributed by atoms with van der Waals surface area (Å²) >= 11 is 0. The summed E-state index contributed by atoms with van der Waals surface area (Å²) in [6.45, 7) is 0. The number of halogens is 1. The summed E-state index contributed by atoms with van der Waals surface area (Å²) in [5, 5.41) is 26.1. The van der Waals surface area contributed by atoms with Crippen molar-refractivity contribution >= 4 is 38.1 Å². The van der Waals surface area contributed by atoms with Crippen molar-refractivity contribution < 1.29 is 79.6 Å². The summed E-state index contributed by atoms with van der Waals surface area (Å²) in [5.74, 6) is -5.47. The number of carboxylic acid groups (broad SMARTS) is 2. The zero-order chi connectivity index (χ0) is 13.9. The zero-order valence-electron chi connectivity index (χ0n) is 10.5. The molecule has 0 bridgehead atoms. The predicted octanol–water partition coefficient (Wildman–Crippen LogP) is -4.16. The van der Waals surface area contributed by atoms with Crippen LogP contribution in [0.1, 0.15) is 14.3 Å². The number of rotatable bonds is 6. The average molecular weight is 333 g/mol. The van der Waals surface area contributed by atoms with E-state index in [4.69, 9.17) is 20.0 Å². The van der Waals surface area contributed by atoms with Crippen LogP contribution >= 0.6 is 20.2 Å². The van der Waals surface area contributed by atoms with Gasteiger partial charge in [-0.2, -0.15) is 0 Å². The standard InChI is InChI=1S/C6H9O10P.ClH.Na.H/c7-3(8)1-6(12,5(10)11)2-4(9)16-17(13,14)15;;;/h12H,1-2H2,(H,7,8)(H,10,11)(H2,13,14,15);1H;;/q;;+1;-1. The normalized spacial score (nSPS) is 13.2. The van der Waals surface area contributed by atoms with Crippen LogP contribution < -0.4 is 29.6 Å². The molecule has 0 aromatic rings. The Morgan fingerprint density at radius 3 is 1.84 bits per heavy atom. The maximum atomic E-state index is 10.8. The quantitative estimate of drug-likeness (QED) is 0.237. The summed E-state index contributed by atoms with van der Waals surface area (Å²) in [6, 6.07) is 0. The predicted molar refractivity (Wildman–Crippen MR) is 56.0 cm³/mol. The van der Waals surface area contributed by atoms with Crippen molar-refractivity contribution in [2.75, 3.05) is 0 Å². The number of aliphatic carboxylic acids is 2. The van der Waals surface area contributed by atoms with E-state index in [-0.39, 0.29) is 43.4 Å². The second kappa shape index (κ2) is 8.88. The van der Waals surface area contributed by atoms with E-state index >= 15 is 0 Å². The van der Waals surface area contributed by atoms with Crippen molar-refractivity contribution in [3.05, 3.63) is 0 Å². The fraction of sp³-hybridized carbons (Fsp3) is 0.500. The van der Waals surface area contributed by atoms with Gasteiger partial charge in [0.15, 0.2) is 5.60 Å². The van der Waals surface area contributed by atoms with Gasteiger partial charge in [0.1, 0.15) is 0 Å². The Hall–Kier alpha value is -0.190. The second-order valence-electron chi connectivity index (χ2n) is 3.04. The first-order valence-electron chi connectivity index (χ1n) is 3.92. The number of carboxylic acids is 2. The van der Waals surface area contributed by atoms with Crippen molar-refractivity contribution in [2.45, 2.75) is 18.4 Å². The summed E-state index contributed by atoms with van der Waals surface area (Å²) in [6.07, 6.45) is -2.72. The number of phosphoric ester groups is 1. The maximum absolute atomic E-state index is 10.8. The molecule has 0 aromatic heterocycles. The van der Waals surface area contributed by atoms with Gasteiger partial charge in [-0.15, -0.1) is 12.4 Å². The number of aliphatic hydroxyl groups is 1. The Labute approximate surface area is 136 Å². The van der Waals surface area contributed by atoms with Crippen LogP contribution in [0, 0.1) is 0 Å². The van der Waals surface area contributed by atoms with Crippen LogP contribution in [-0.4, -0.2) is 48.6 Å². The van der Waals surface area contributed by atoms with Gasteiger partial charge in [-0.1, -0.05) is 0 Å². The third kappa shape index (κ3) is 10.3. The van der Waals surface area contributed by atoms with Gasteiger partial charge in [0.25, 0.3) is 0 Å². The van der Waals surface area contributed by atoms with Crippen molar-refractivity contribution in [2.24, 2.45) is 0 Å². The van der Waals surface area contributed by atoms with Gasteiger partial charge in [0.2, 0.25) is 0 Å². The Morgan fingerprint density at radius 1 is 1.16 bits per heavy atom. The number of carbonyl (C=O) groups is 3. The van der Waals surface area contributed by atoms with Crippen molar-refractivity contribution in [1.29, 1.82) is 0 Å². The van der Waals surface area contributed by atoms with E-state index in [1.165, 1.54) is 0 Å². The molecule has 0 saturated carbocycles. The molecule has 13 heteroatoms. The summed E-state index contributed by atoms with van der Waals surface area (Å²) in [5.41, 5.74) is -2.99. The third-order valence-electron chi connectivity index (χ3n) is 1.50. The molecule has 0 fully saturated rings. The van der Waals surface area contributed by atoms with Gasteiger partial charge in [-0.3, -0.25) is 19.4 Å². The Morgan fingerprint density at radius 2 is 1.58 bits per heavy atom. The van der Waals surface area contributed by atoms with Crippen LogP contribution in [0.5, 0.6) is 0 Å². The molecular formula is C6H11ClNaO10P. The Bertz CT molecular complexity index is 399. The third-order valence-corrected chi connectivity index (χ3v) is 1.94. The maximum Gasteiger partial charge on any atom is 1.00 e. The van der Waals surface area contributed by atoms with Gasteiger partial charge in [-0.05, 0) is 0 Å². The molecule has 19 heavy (non-hydrogen) atoms. The topological polar surface area (TPSA) is 179 Å². The molecule has 108 valence electrons. The van der Waals surface area contributed by atoms with E-state index in [1.54, 1.807) is 0 Å². The van der Waals surface area contributed by atoms with Gasteiger partial charge >= 0.3 is 55.3 Å². The van der Waals surface area contributed by atoms with Crippen LogP contribution in [0.25, 0.3) is 0 Å². The molecule has 0 aromatic carbocycles. The minimum atomic E-state index is -5.17. The molecule has 0 spiro atoms. The fourth-order valence-electron chi connectivity index (χ4n) is 0.868. The molecular weight excluding hydrogens is 321 g/mol. The van der Waals surface area contributed by atoms with Gasteiger partial charge in [-0.25, -0.2) is 9.36 Å². The Balaban J connectivity index is -0.000000427. The second-order valence-corrected chi connectivity index (χ2v) is 4.20. The van der Waals surface area contributed by atoms with Crippen molar-refractivity contribution in [3.8, 4) is 0 Å². The van der Waals surface area contributed by atoms with E-state index in [0.717, 1.165) is 0 Å². The largest absolute Gasteiger partial charge is 1.00 e. The molecule has 0 aliphatic rings. The summed E-state index contributed by atoms with van der Waals surface area (Å²) in [4.78, 5) is 48.1. The number of hydrogen-bond donors (Lipinski definition) is 5. The van der Waals surface area contributed by atoms with E-state index in [1.807, 2.05) is 0 Å². The van der Waals surface area contributed by atoms with E-state index in [9.17, 15) is 24.1 Å². The molecule has 0 saturated heterocycles. The van der Waals surface area contributed by atoms with Crippen LogP contribution in [0.3, 0.4) is 0 Å². The van der Waals surface area contributed by atoms with E-state index in [0.29, 0.717) is 0 Å². The van der Waals surface area contributed by atoms with Crippen LogP contribution in [0.4, 0.5) is 0 Å². The molecule has 1 unspecified atom stereocenters. The van der Waals surface area contributed by atoms with Gasteiger partial charge in [0, 0.05) is 0 Å². The molecule has 0 amide bonds. The molecule has 5 N–H and O–H groups in total. The number of carbonyl (C=O) groups excluding carboxylic acids is 1. The SMILES string of the molecule is Cl.O=C(O)CC(O)(CC(=O)OP(=O)(O)O)C(=O)O.[H-].[Na+]. The van der Waals surface area contributed by atoms with Crippen LogP contribution in [0.15, 0.2) is 0 Å². The molecule has 0 rings (SSSR count). The van der Waals surface area contributed by atoms with Crippen LogP contribution in [0.2, 0.25) is 0 Å². The number of phosphoric acid groups is 1. The molecule has 0 heterocycles. The minimum absolute atomic E-state index is 0. The van der Waals surface area contributed by atoms with Gasteiger partial charge < -0.3 is 21.3 Å². The first-order valence-corrected chi connectivity index (χ1v) is 5.45. The molecule has 1 atom stereocenters. The van der Waals surface area contributed by atoms with E-state index < -0.39 is 44.2 Å². The van der Waals surface area contributed by atoms with Crippen molar-refractivity contribution in [3.63, 3.8) is 0 Å². The molecule has 0 aliphatic carbocycles.